The Bertz CT molecular complexity index is 436. The lowest BCUT2D eigenvalue weighted by Crippen LogP contribution is -2.23. The summed E-state index contributed by atoms with van der Waals surface area (Å²) in [5, 5.41) is 2.70. The molecule has 1 aliphatic carbocycles. The van der Waals surface area contributed by atoms with Crippen molar-refractivity contribution < 1.29 is 4.79 Å². The molecule has 1 heterocycles. The number of nitrogens with one attached hydrogen (secondary N) is 2. The van der Waals surface area contributed by atoms with Crippen LogP contribution in [0.1, 0.15) is 24.6 Å². The number of hydrogen-bond acceptors (Lipinski definition) is 4. The number of primary amides is 1. The van der Waals surface area contributed by atoms with Crippen molar-refractivity contribution in [3.05, 3.63) is 22.2 Å². The first-order valence-electron chi connectivity index (χ1n) is 4.78. The minimum Gasteiger partial charge on any atom is -0.368 e. The van der Waals surface area contributed by atoms with Crippen LogP contribution in [-0.2, 0) is 4.79 Å². The molecule has 0 atom stereocenters. The van der Waals surface area contributed by atoms with E-state index in [1.54, 1.807) is 0 Å². The average molecular weight is 208 g/mol. The van der Waals surface area contributed by atoms with Crippen molar-refractivity contribution in [3.8, 4) is 0 Å². The fourth-order valence-electron chi connectivity index (χ4n) is 1.29. The van der Waals surface area contributed by atoms with Crippen LogP contribution >= 0.6 is 0 Å². The quantitative estimate of drug-likeness (QED) is 0.623. The van der Waals surface area contributed by atoms with Gasteiger partial charge in [-0.1, -0.05) is 0 Å². The zero-order valence-corrected chi connectivity index (χ0v) is 8.12. The highest BCUT2D eigenvalue weighted by Gasteiger charge is 2.26. The summed E-state index contributed by atoms with van der Waals surface area (Å²) in [6.07, 6.45) is 2.12. The highest BCUT2D eigenvalue weighted by atomic mass is 16.1. The molecular weight excluding hydrogens is 196 g/mol. The van der Waals surface area contributed by atoms with Crippen LogP contribution in [0.15, 0.2) is 10.9 Å². The molecule has 2 rings (SSSR count). The SMILES string of the molecule is NC(=O)CNc1cc(=O)[nH]c(C2CC2)n1. The van der Waals surface area contributed by atoms with Gasteiger partial charge in [0, 0.05) is 12.0 Å². The molecule has 80 valence electrons. The Morgan fingerprint density at radius 3 is 3.00 bits per heavy atom. The summed E-state index contributed by atoms with van der Waals surface area (Å²) in [4.78, 5) is 28.6. The van der Waals surface area contributed by atoms with E-state index in [4.69, 9.17) is 5.73 Å². The average Bonchev–Trinajstić information content (AvgIpc) is 2.97. The Kier molecular flexibility index (Phi) is 2.40. The summed E-state index contributed by atoms with van der Waals surface area (Å²) in [6, 6.07) is 1.31. The number of hydrogen-bond donors (Lipinski definition) is 3. The number of nitrogens with zero attached hydrogens (tertiary/aromatic N) is 1. The van der Waals surface area contributed by atoms with Gasteiger partial charge in [-0.3, -0.25) is 9.59 Å². The van der Waals surface area contributed by atoms with Crippen LogP contribution in [-0.4, -0.2) is 22.4 Å². The number of H-pyrrole nitrogens is 1. The van der Waals surface area contributed by atoms with E-state index in [1.165, 1.54) is 6.07 Å². The van der Waals surface area contributed by atoms with E-state index in [1.807, 2.05) is 0 Å². The minimum atomic E-state index is -0.481. The first kappa shape index (κ1) is 9.70. The van der Waals surface area contributed by atoms with E-state index in [-0.39, 0.29) is 12.1 Å². The zero-order chi connectivity index (χ0) is 10.8. The van der Waals surface area contributed by atoms with E-state index in [2.05, 4.69) is 15.3 Å². The molecule has 6 nitrogen and oxygen atoms in total. The monoisotopic (exact) mass is 208 g/mol. The van der Waals surface area contributed by atoms with Crippen LogP contribution in [0, 0.1) is 0 Å². The summed E-state index contributed by atoms with van der Waals surface area (Å²) in [6.45, 7) is -0.0133. The maximum absolute atomic E-state index is 11.2. The van der Waals surface area contributed by atoms with Gasteiger partial charge in [-0.15, -0.1) is 0 Å². The number of rotatable bonds is 4. The largest absolute Gasteiger partial charge is 0.368 e. The van der Waals surface area contributed by atoms with Gasteiger partial charge in [0.25, 0.3) is 5.56 Å². The molecule has 1 aromatic rings. The molecule has 15 heavy (non-hydrogen) atoms. The second kappa shape index (κ2) is 3.72. The Morgan fingerprint density at radius 2 is 2.40 bits per heavy atom. The molecule has 1 saturated carbocycles. The Balaban J connectivity index is 2.15. The smallest absolute Gasteiger partial charge is 0.252 e. The van der Waals surface area contributed by atoms with E-state index < -0.39 is 5.91 Å². The molecule has 4 N–H and O–H groups in total. The van der Waals surface area contributed by atoms with Crippen molar-refractivity contribution in [3.63, 3.8) is 0 Å². The Labute approximate surface area is 85.9 Å². The van der Waals surface area contributed by atoms with Crippen molar-refractivity contribution in [2.24, 2.45) is 5.73 Å². The number of carbonyl (C=O) groups is 1. The Morgan fingerprint density at radius 1 is 1.67 bits per heavy atom. The number of carbonyl (C=O) groups excluding carboxylic acids is 1. The maximum Gasteiger partial charge on any atom is 0.252 e. The molecule has 0 bridgehead atoms. The van der Waals surface area contributed by atoms with Gasteiger partial charge in [0.1, 0.15) is 11.6 Å². The van der Waals surface area contributed by atoms with Gasteiger partial charge < -0.3 is 16.0 Å². The van der Waals surface area contributed by atoms with Gasteiger partial charge in [0.2, 0.25) is 5.91 Å². The minimum absolute atomic E-state index is 0.0133. The molecule has 1 amide bonds. The third-order valence-corrected chi connectivity index (χ3v) is 2.17. The van der Waals surface area contributed by atoms with E-state index >= 15 is 0 Å². The molecule has 0 spiro atoms. The van der Waals surface area contributed by atoms with Crippen LogP contribution in [0.4, 0.5) is 5.82 Å². The summed E-state index contributed by atoms with van der Waals surface area (Å²) in [5.41, 5.74) is 4.76. The van der Waals surface area contributed by atoms with Crippen molar-refractivity contribution in [2.45, 2.75) is 18.8 Å². The Hall–Kier alpha value is -1.85. The van der Waals surface area contributed by atoms with Crippen molar-refractivity contribution in [1.82, 2.24) is 9.97 Å². The fourth-order valence-corrected chi connectivity index (χ4v) is 1.29. The van der Waals surface area contributed by atoms with Gasteiger partial charge in [0.05, 0.1) is 6.54 Å². The fraction of sp³-hybridized carbons (Fsp3) is 0.444. The number of anilines is 1. The standard InChI is InChI=1S/C9H12N4O2/c10-6(14)4-11-7-3-8(15)13-9(12-7)5-1-2-5/h3,5H,1-2,4H2,(H2,10,14)(H2,11,12,13,15). The third-order valence-electron chi connectivity index (χ3n) is 2.17. The first-order chi connectivity index (χ1) is 7.15. The first-order valence-corrected chi connectivity index (χ1v) is 4.78. The normalized spacial score (nSPS) is 14.9. The van der Waals surface area contributed by atoms with Crippen LogP contribution in [0.5, 0.6) is 0 Å². The highest BCUT2D eigenvalue weighted by Crippen LogP contribution is 2.37. The summed E-state index contributed by atoms with van der Waals surface area (Å²) in [5.74, 6) is 0.979. The zero-order valence-electron chi connectivity index (χ0n) is 8.12. The molecule has 1 fully saturated rings. The molecule has 0 unspecified atom stereocenters. The maximum atomic E-state index is 11.2. The van der Waals surface area contributed by atoms with Crippen molar-refractivity contribution in [2.75, 3.05) is 11.9 Å². The van der Waals surface area contributed by atoms with Gasteiger partial charge in [-0.2, -0.15) is 0 Å². The van der Waals surface area contributed by atoms with Crippen LogP contribution in [0.3, 0.4) is 0 Å². The second-order valence-corrected chi connectivity index (χ2v) is 3.61. The summed E-state index contributed by atoms with van der Waals surface area (Å²) >= 11 is 0. The molecular formula is C9H12N4O2. The third kappa shape index (κ3) is 2.55. The van der Waals surface area contributed by atoms with Gasteiger partial charge in [0.15, 0.2) is 0 Å². The van der Waals surface area contributed by atoms with Gasteiger partial charge in [-0.25, -0.2) is 4.98 Å². The van der Waals surface area contributed by atoms with Crippen molar-refractivity contribution in [1.29, 1.82) is 0 Å². The van der Waals surface area contributed by atoms with E-state index in [9.17, 15) is 9.59 Å². The number of amides is 1. The number of aromatic nitrogens is 2. The van der Waals surface area contributed by atoms with Crippen LogP contribution in [0.25, 0.3) is 0 Å². The summed E-state index contributed by atoms with van der Waals surface area (Å²) in [7, 11) is 0. The van der Waals surface area contributed by atoms with Gasteiger partial charge in [-0.05, 0) is 12.8 Å². The lowest BCUT2D eigenvalue weighted by Gasteiger charge is -2.04. The van der Waals surface area contributed by atoms with E-state index in [0.29, 0.717) is 17.6 Å². The summed E-state index contributed by atoms with van der Waals surface area (Å²) < 4.78 is 0. The molecule has 1 aliphatic rings. The second-order valence-electron chi connectivity index (χ2n) is 3.61. The van der Waals surface area contributed by atoms with E-state index in [0.717, 1.165) is 12.8 Å². The molecule has 0 aromatic carbocycles. The van der Waals surface area contributed by atoms with Crippen molar-refractivity contribution >= 4 is 11.7 Å². The highest BCUT2D eigenvalue weighted by molar-refractivity contribution is 5.78. The lowest BCUT2D eigenvalue weighted by atomic mass is 10.4. The predicted molar refractivity (Wildman–Crippen MR) is 54.5 cm³/mol. The molecule has 6 heteroatoms. The topological polar surface area (TPSA) is 101 Å². The van der Waals surface area contributed by atoms with Crippen LogP contribution < -0.4 is 16.6 Å². The number of nitrogens with two attached hydrogens (primary N) is 1. The molecule has 0 radical (unpaired) electrons. The lowest BCUT2D eigenvalue weighted by molar-refractivity contribution is -0.116. The van der Waals surface area contributed by atoms with Crippen LogP contribution in [0.2, 0.25) is 0 Å². The molecule has 0 aliphatic heterocycles. The van der Waals surface area contributed by atoms with Gasteiger partial charge >= 0.3 is 0 Å². The molecule has 0 saturated heterocycles. The molecule has 1 aromatic heterocycles. The predicted octanol–water partition coefficient (Wildman–Crippen LogP) is -0.456. The number of aromatic amines is 1.